The van der Waals surface area contributed by atoms with E-state index >= 15 is 0 Å². The average molecular weight is 441 g/mol. The summed E-state index contributed by atoms with van der Waals surface area (Å²) in [5, 5.41) is 0.665. The van der Waals surface area contributed by atoms with E-state index in [-0.39, 0.29) is 11.3 Å². The zero-order chi connectivity index (χ0) is 21.8. The Bertz CT molecular complexity index is 889. The second kappa shape index (κ2) is 9.62. The fourth-order valence-corrected chi connectivity index (χ4v) is 4.88. The van der Waals surface area contributed by atoms with Crippen molar-refractivity contribution in [3.05, 3.63) is 64.7 Å². The number of ether oxygens (including phenoxy) is 1. The van der Waals surface area contributed by atoms with E-state index in [0.29, 0.717) is 10.9 Å². The van der Waals surface area contributed by atoms with Crippen molar-refractivity contribution >= 4 is 17.5 Å². The summed E-state index contributed by atoms with van der Waals surface area (Å²) in [5.41, 5.74) is 2.27. The maximum atomic E-state index is 12.9. The molecule has 166 valence electrons. The third-order valence-corrected chi connectivity index (χ3v) is 6.92. The van der Waals surface area contributed by atoms with Crippen molar-refractivity contribution in [2.24, 2.45) is 11.3 Å². The van der Waals surface area contributed by atoms with Crippen LogP contribution < -0.4 is 4.74 Å². The Balaban J connectivity index is 1.32. The van der Waals surface area contributed by atoms with Gasteiger partial charge in [0.05, 0.1) is 6.61 Å². The maximum absolute atomic E-state index is 12.9. The Hall–Kier alpha value is -2.04. The molecule has 31 heavy (non-hydrogen) atoms. The van der Waals surface area contributed by atoms with Crippen LogP contribution in [0, 0.1) is 11.3 Å². The summed E-state index contributed by atoms with van der Waals surface area (Å²) in [4.78, 5) is 17.5. The first-order valence-electron chi connectivity index (χ1n) is 11.4. The molecule has 4 nitrogen and oxygen atoms in total. The van der Waals surface area contributed by atoms with Gasteiger partial charge < -0.3 is 9.64 Å². The molecule has 0 saturated carbocycles. The molecule has 0 aliphatic carbocycles. The molecular formula is C26H33ClN2O2. The van der Waals surface area contributed by atoms with Crippen molar-refractivity contribution in [1.82, 2.24) is 9.80 Å². The van der Waals surface area contributed by atoms with Crippen LogP contribution in [-0.2, 0) is 6.54 Å². The summed E-state index contributed by atoms with van der Waals surface area (Å²) >= 11 is 5.97. The van der Waals surface area contributed by atoms with Crippen LogP contribution in [0.3, 0.4) is 0 Å². The first-order chi connectivity index (χ1) is 14.9. The van der Waals surface area contributed by atoms with Crippen molar-refractivity contribution in [3.8, 4) is 5.75 Å². The maximum Gasteiger partial charge on any atom is 0.253 e. The molecule has 1 spiro atoms. The smallest absolute Gasteiger partial charge is 0.253 e. The molecule has 2 heterocycles. The van der Waals surface area contributed by atoms with Gasteiger partial charge in [-0.25, -0.2) is 0 Å². The summed E-state index contributed by atoms with van der Waals surface area (Å²) in [6.45, 7) is 9.90. The normalized spacial score (nSPS) is 18.6. The van der Waals surface area contributed by atoms with Gasteiger partial charge in [-0.05, 0) is 74.0 Å². The highest BCUT2D eigenvalue weighted by atomic mass is 35.5. The molecule has 0 atom stereocenters. The van der Waals surface area contributed by atoms with Gasteiger partial charge in [0.15, 0.2) is 0 Å². The minimum Gasteiger partial charge on any atom is -0.493 e. The number of carbonyl (C=O) groups is 1. The largest absolute Gasteiger partial charge is 0.493 e. The number of benzene rings is 2. The fourth-order valence-electron chi connectivity index (χ4n) is 4.75. The van der Waals surface area contributed by atoms with Crippen LogP contribution in [0.5, 0.6) is 5.75 Å². The molecule has 0 unspecified atom stereocenters. The number of halogens is 1. The third-order valence-electron chi connectivity index (χ3n) is 6.67. The molecule has 4 rings (SSSR count). The number of nitrogens with zero attached hydrogens (tertiary/aromatic N) is 2. The van der Waals surface area contributed by atoms with Gasteiger partial charge in [-0.15, -0.1) is 0 Å². The van der Waals surface area contributed by atoms with Crippen LogP contribution in [0.2, 0.25) is 5.02 Å². The minimum absolute atomic E-state index is 0.132. The van der Waals surface area contributed by atoms with Crippen molar-refractivity contribution < 1.29 is 9.53 Å². The topological polar surface area (TPSA) is 32.8 Å². The number of hydrogen-bond acceptors (Lipinski definition) is 3. The number of piperidine rings is 1. The molecule has 0 aromatic heterocycles. The predicted molar refractivity (Wildman–Crippen MR) is 126 cm³/mol. The molecule has 2 fully saturated rings. The summed E-state index contributed by atoms with van der Waals surface area (Å²) in [6.07, 6.45) is 3.40. The molecule has 2 aromatic carbocycles. The van der Waals surface area contributed by atoms with E-state index in [1.807, 2.05) is 17.0 Å². The second-order valence-electron chi connectivity index (χ2n) is 9.57. The molecule has 5 heteroatoms. The van der Waals surface area contributed by atoms with E-state index in [2.05, 4.69) is 43.0 Å². The fraction of sp³-hybridized carbons (Fsp3) is 0.500. The summed E-state index contributed by atoms with van der Waals surface area (Å²) in [5.74, 6) is 1.66. The molecule has 2 saturated heterocycles. The van der Waals surface area contributed by atoms with E-state index < -0.39 is 0 Å². The van der Waals surface area contributed by atoms with Crippen molar-refractivity contribution in [2.75, 3.05) is 32.8 Å². The molecular weight excluding hydrogens is 408 g/mol. The minimum atomic E-state index is 0.132. The summed E-state index contributed by atoms with van der Waals surface area (Å²) < 4.78 is 6.04. The Labute approximate surface area is 191 Å². The monoisotopic (exact) mass is 440 g/mol. The first kappa shape index (κ1) is 22.2. The van der Waals surface area contributed by atoms with Gasteiger partial charge in [-0.1, -0.05) is 43.6 Å². The van der Waals surface area contributed by atoms with Crippen LogP contribution in [0.15, 0.2) is 48.5 Å². The lowest BCUT2D eigenvalue weighted by atomic mass is 9.77. The average Bonchev–Trinajstić information content (AvgIpc) is 3.18. The molecule has 2 aliphatic heterocycles. The Kier molecular flexibility index (Phi) is 6.88. The van der Waals surface area contributed by atoms with Gasteiger partial charge in [-0.2, -0.15) is 0 Å². The highest BCUT2D eigenvalue weighted by molar-refractivity contribution is 6.30. The van der Waals surface area contributed by atoms with E-state index in [4.69, 9.17) is 16.3 Å². The SMILES string of the molecule is CC(C)COc1ccccc1CN1CCC2(CC1)CCN(C(=O)c1ccc(Cl)cc1)C2. The number of carbonyl (C=O) groups excluding carboxylic acids is 1. The number of rotatable bonds is 6. The molecule has 0 bridgehead atoms. The Morgan fingerprint density at radius 2 is 1.71 bits per heavy atom. The van der Waals surface area contributed by atoms with Crippen LogP contribution in [0.1, 0.15) is 49.0 Å². The second-order valence-corrected chi connectivity index (χ2v) is 10.0. The van der Waals surface area contributed by atoms with Crippen LogP contribution >= 0.6 is 11.6 Å². The summed E-state index contributed by atoms with van der Waals surface area (Å²) in [7, 11) is 0. The molecule has 1 amide bonds. The lowest BCUT2D eigenvalue weighted by Crippen LogP contribution is -2.42. The van der Waals surface area contributed by atoms with Gasteiger partial charge in [0.1, 0.15) is 5.75 Å². The van der Waals surface area contributed by atoms with Crippen LogP contribution in [-0.4, -0.2) is 48.5 Å². The van der Waals surface area contributed by atoms with Crippen LogP contribution in [0.25, 0.3) is 0 Å². The van der Waals surface area contributed by atoms with Crippen molar-refractivity contribution in [2.45, 2.75) is 39.7 Å². The first-order valence-corrected chi connectivity index (χ1v) is 11.8. The van der Waals surface area contributed by atoms with Gasteiger partial charge in [-0.3, -0.25) is 9.69 Å². The summed E-state index contributed by atoms with van der Waals surface area (Å²) in [6, 6.07) is 15.7. The third kappa shape index (κ3) is 5.42. The highest BCUT2D eigenvalue weighted by Crippen LogP contribution is 2.41. The van der Waals surface area contributed by atoms with Gasteiger partial charge in [0, 0.05) is 35.8 Å². The molecule has 2 aromatic rings. The predicted octanol–water partition coefficient (Wildman–Crippen LogP) is 5.50. The van der Waals surface area contributed by atoms with E-state index in [0.717, 1.165) is 69.9 Å². The lowest BCUT2D eigenvalue weighted by molar-refractivity contribution is 0.0712. The Morgan fingerprint density at radius 1 is 1.03 bits per heavy atom. The number of amides is 1. The van der Waals surface area contributed by atoms with E-state index in [1.165, 1.54) is 5.56 Å². The number of hydrogen-bond donors (Lipinski definition) is 0. The zero-order valence-electron chi connectivity index (χ0n) is 18.6. The van der Waals surface area contributed by atoms with E-state index in [9.17, 15) is 4.79 Å². The van der Waals surface area contributed by atoms with Gasteiger partial charge in [0.25, 0.3) is 5.91 Å². The highest BCUT2D eigenvalue weighted by Gasteiger charge is 2.42. The standard InChI is InChI=1S/C26H33ClN2O2/c1-20(2)18-31-24-6-4-3-5-22(24)17-28-14-11-26(12-15-28)13-16-29(19-26)25(30)21-7-9-23(27)10-8-21/h3-10,20H,11-19H2,1-2H3. The zero-order valence-corrected chi connectivity index (χ0v) is 19.4. The Morgan fingerprint density at radius 3 is 2.42 bits per heavy atom. The molecule has 0 N–H and O–H groups in total. The molecule has 0 radical (unpaired) electrons. The number of para-hydroxylation sites is 1. The van der Waals surface area contributed by atoms with Crippen molar-refractivity contribution in [3.63, 3.8) is 0 Å². The molecule has 2 aliphatic rings. The van der Waals surface area contributed by atoms with Gasteiger partial charge in [0.2, 0.25) is 0 Å². The lowest BCUT2D eigenvalue weighted by Gasteiger charge is -2.39. The van der Waals surface area contributed by atoms with Crippen LogP contribution in [0.4, 0.5) is 0 Å². The van der Waals surface area contributed by atoms with E-state index in [1.54, 1.807) is 12.1 Å². The quantitative estimate of drug-likeness (QED) is 0.594. The number of likely N-dealkylation sites (tertiary alicyclic amines) is 2. The van der Waals surface area contributed by atoms with Gasteiger partial charge >= 0.3 is 0 Å². The van der Waals surface area contributed by atoms with Crippen molar-refractivity contribution in [1.29, 1.82) is 0 Å².